The van der Waals surface area contributed by atoms with Gasteiger partial charge in [0.15, 0.2) is 0 Å². The van der Waals surface area contributed by atoms with Gasteiger partial charge in [-0.1, -0.05) is 13.8 Å². The fourth-order valence-corrected chi connectivity index (χ4v) is 1.16. The highest BCUT2D eigenvalue weighted by atomic mass is 16.5. The molecule has 0 aromatic heterocycles. The van der Waals surface area contributed by atoms with Gasteiger partial charge in [-0.2, -0.15) is 0 Å². The lowest BCUT2D eigenvalue weighted by Crippen LogP contribution is -2.23. The van der Waals surface area contributed by atoms with E-state index in [1.54, 1.807) is 0 Å². The van der Waals surface area contributed by atoms with E-state index in [0.717, 1.165) is 38.8 Å². The first-order valence-corrected chi connectivity index (χ1v) is 6.28. The van der Waals surface area contributed by atoms with Crippen molar-refractivity contribution in [3.05, 3.63) is 0 Å². The predicted molar refractivity (Wildman–Crippen MR) is 67.9 cm³/mol. The van der Waals surface area contributed by atoms with Crippen molar-refractivity contribution in [1.29, 1.82) is 0 Å². The summed E-state index contributed by atoms with van der Waals surface area (Å²) < 4.78 is 10.7. The standard InChI is InChI=1S/C12H28N2O2/c1-12(2)4-5-14-7-9-16-11-10-15-8-6-13-3/h12-14H,4-11H2,1-3H3. The average molecular weight is 232 g/mol. The maximum atomic E-state index is 5.41. The molecule has 0 radical (unpaired) electrons. The van der Waals surface area contributed by atoms with Crippen molar-refractivity contribution >= 4 is 0 Å². The molecule has 0 aliphatic rings. The molecule has 0 atom stereocenters. The van der Waals surface area contributed by atoms with Crippen molar-refractivity contribution < 1.29 is 9.47 Å². The van der Waals surface area contributed by atoms with Gasteiger partial charge in [-0.15, -0.1) is 0 Å². The van der Waals surface area contributed by atoms with E-state index in [2.05, 4.69) is 24.5 Å². The van der Waals surface area contributed by atoms with Crippen molar-refractivity contribution in [2.75, 3.05) is 53.1 Å². The van der Waals surface area contributed by atoms with Crippen molar-refractivity contribution in [2.45, 2.75) is 20.3 Å². The zero-order valence-corrected chi connectivity index (χ0v) is 11.1. The van der Waals surface area contributed by atoms with Crippen LogP contribution < -0.4 is 10.6 Å². The fraction of sp³-hybridized carbons (Fsp3) is 1.00. The van der Waals surface area contributed by atoms with Crippen LogP contribution >= 0.6 is 0 Å². The fourth-order valence-electron chi connectivity index (χ4n) is 1.16. The second kappa shape index (κ2) is 12.9. The number of hydrogen-bond donors (Lipinski definition) is 2. The van der Waals surface area contributed by atoms with Crippen molar-refractivity contribution in [3.63, 3.8) is 0 Å². The summed E-state index contributed by atoms with van der Waals surface area (Å²) in [5.74, 6) is 0.772. The average Bonchev–Trinajstić information content (AvgIpc) is 2.25. The summed E-state index contributed by atoms with van der Waals surface area (Å²) in [6.07, 6.45) is 1.23. The molecule has 98 valence electrons. The SMILES string of the molecule is CNCCOCCOCCNCCC(C)C. The van der Waals surface area contributed by atoms with Gasteiger partial charge in [0, 0.05) is 13.1 Å². The molecule has 0 aliphatic carbocycles. The van der Waals surface area contributed by atoms with Crippen LogP contribution in [0.1, 0.15) is 20.3 Å². The first kappa shape index (κ1) is 15.8. The van der Waals surface area contributed by atoms with Crippen LogP contribution in [0.5, 0.6) is 0 Å². The zero-order chi connectivity index (χ0) is 12.1. The van der Waals surface area contributed by atoms with Crippen LogP contribution in [-0.2, 0) is 9.47 Å². The Balaban J connectivity index is 2.88. The first-order chi connectivity index (χ1) is 7.77. The van der Waals surface area contributed by atoms with E-state index in [0.29, 0.717) is 13.2 Å². The minimum atomic E-state index is 0.688. The van der Waals surface area contributed by atoms with Gasteiger partial charge in [-0.3, -0.25) is 0 Å². The molecule has 0 aromatic rings. The molecule has 4 nitrogen and oxygen atoms in total. The van der Waals surface area contributed by atoms with Gasteiger partial charge in [0.2, 0.25) is 0 Å². The quantitative estimate of drug-likeness (QED) is 0.490. The zero-order valence-electron chi connectivity index (χ0n) is 11.1. The van der Waals surface area contributed by atoms with Crippen LogP contribution in [0.25, 0.3) is 0 Å². The third kappa shape index (κ3) is 13.8. The van der Waals surface area contributed by atoms with Gasteiger partial charge in [0.1, 0.15) is 0 Å². The highest BCUT2D eigenvalue weighted by Gasteiger charge is 1.93. The Labute approximate surface area is 100 Å². The molecular formula is C12H28N2O2. The van der Waals surface area contributed by atoms with Gasteiger partial charge in [0.05, 0.1) is 26.4 Å². The summed E-state index contributed by atoms with van der Waals surface area (Å²) in [5.41, 5.74) is 0. The monoisotopic (exact) mass is 232 g/mol. The van der Waals surface area contributed by atoms with Crippen LogP contribution in [0.15, 0.2) is 0 Å². The van der Waals surface area contributed by atoms with Crippen molar-refractivity contribution in [3.8, 4) is 0 Å². The molecule has 0 unspecified atom stereocenters. The molecule has 0 amide bonds. The maximum Gasteiger partial charge on any atom is 0.0701 e. The molecule has 0 spiro atoms. The molecule has 0 fully saturated rings. The van der Waals surface area contributed by atoms with Crippen molar-refractivity contribution in [2.24, 2.45) is 5.92 Å². The lowest BCUT2D eigenvalue weighted by molar-refractivity contribution is 0.0503. The van der Waals surface area contributed by atoms with Crippen LogP contribution in [0.2, 0.25) is 0 Å². The molecule has 0 aliphatic heterocycles. The predicted octanol–water partition coefficient (Wildman–Crippen LogP) is 0.875. The highest BCUT2D eigenvalue weighted by Crippen LogP contribution is 1.95. The summed E-state index contributed by atoms with van der Waals surface area (Å²) in [5, 5.41) is 6.38. The van der Waals surface area contributed by atoms with E-state index in [1.165, 1.54) is 6.42 Å². The molecule has 0 aromatic carbocycles. The molecule has 0 heterocycles. The third-order valence-electron chi connectivity index (χ3n) is 2.19. The lowest BCUT2D eigenvalue weighted by atomic mass is 10.1. The largest absolute Gasteiger partial charge is 0.378 e. The van der Waals surface area contributed by atoms with Crippen molar-refractivity contribution in [1.82, 2.24) is 10.6 Å². The molecule has 0 saturated carbocycles. The summed E-state index contributed by atoms with van der Waals surface area (Å²) in [4.78, 5) is 0. The Bertz CT molecular complexity index is 132. The van der Waals surface area contributed by atoms with Crippen LogP contribution in [-0.4, -0.2) is 53.1 Å². The van der Waals surface area contributed by atoms with Crippen LogP contribution in [0.3, 0.4) is 0 Å². The maximum absolute atomic E-state index is 5.41. The van der Waals surface area contributed by atoms with E-state index in [-0.39, 0.29) is 0 Å². The number of hydrogen-bond acceptors (Lipinski definition) is 4. The van der Waals surface area contributed by atoms with Gasteiger partial charge in [-0.05, 0) is 25.9 Å². The molecule has 16 heavy (non-hydrogen) atoms. The van der Waals surface area contributed by atoms with Gasteiger partial charge < -0.3 is 20.1 Å². The summed E-state index contributed by atoms with van der Waals surface area (Å²) in [7, 11) is 1.92. The first-order valence-electron chi connectivity index (χ1n) is 6.28. The Morgan fingerprint density at radius 3 is 2.06 bits per heavy atom. The Morgan fingerprint density at radius 2 is 1.50 bits per heavy atom. The number of ether oxygens (including phenoxy) is 2. The smallest absolute Gasteiger partial charge is 0.0701 e. The van der Waals surface area contributed by atoms with Gasteiger partial charge in [0.25, 0.3) is 0 Å². The lowest BCUT2D eigenvalue weighted by Gasteiger charge is -2.08. The summed E-state index contributed by atoms with van der Waals surface area (Å²) in [6, 6.07) is 0. The number of nitrogens with one attached hydrogen (secondary N) is 2. The van der Waals surface area contributed by atoms with Gasteiger partial charge in [-0.25, -0.2) is 0 Å². The van der Waals surface area contributed by atoms with E-state index in [1.807, 2.05) is 7.05 Å². The van der Waals surface area contributed by atoms with Crippen LogP contribution in [0, 0.1) is 5.92 Å². The Kier molecular flexibility index (Phi) is 12.8. The van der Waals surface area contributed by atoms with E-state index in [9.17, 15) is 0 Å². The second-order valence-corrected chi connectivity index (χ2v) is 4.26. The minimum absolute atomic E-state index is 0.688. The normalized spacial score (nSPS) is 11.2. The third-order valence-corrected chi connectivity index (χ3v) is 2.19. The second-order valence-electron chi connectivity index (χ2n) is 4.26. The summed E-state index contributed by atoms with van der Waals surface area (Å²) >= 11 is 0. The molecule has 0 bridgehead atoms. The molecular weight excluding hydrogens is 204 g/mol. The molecule has 0 rings (SSSR count). The minimum Gasteiger partial charge on any atom is -0.378 e. The molecule has 2 N–H and O–H groups in total. The van der Waals surface area contributed by atoms with Crippen LogP contribution in [0.4, 0.5) is 0 Å². The topological polar surface area (TPSA) is 42.5 Å². The van der Waals surface area contributed by atoms with E-state index >= 15 is 0 Å². The molecule has 4 heteroatoms. The van der Waals surface area contributed by atoms with E-state index < -0.39 is 0 Å². The van der Waals surface area contributed by atoms with E-state index in [4.69, 9.17) is 9.47 Å². The number of likely N-dealkylation sites (N-methyl/N-ethyl adjacent to an activating group) is 1. The Morgan fingerprint density at radius 1 is 0.875 bits per heavy atom. The Hall–Kier alpha value is -0.160. The molecule has 0 saturated heterocycles. The summed E-state index contributed by atoms with van der Waals surface area (Å²) in [6.45, 7) is 10.3. The van der Waals surface area contributed by atoms with Gasteiger partial charge >= 0.3 is 0 Å². The number of rotatable bonds is 12. The highest BCUT2D eigenvalue weighted by molar-refractivity contribution is 4.50.